The first-order chi connectivity index (χ1) is 8.66. The average Bonchev–Trinajstić information content (AvgIpc) is 2.95. The van der Waals surface area contributed by atoms with E-state index in [0.717, 1.165) is 5.69 Å². The Hall–Kier alpha value is -2.70. The van der Waals surface area contributed by atoms with Gasteiger partial charge in [0.2, 0.25) is 0 Å². The molecule has 0 saturated heterocycles. The van der Waals surface area contributed by atoms with Crippen LogP contribution < -0.4 is 0 Å². The van der Waals surface area contributed by atoms with Gasteiger partial charge in [0.25, 0.3) is 5.95 Å². The Labute approximate surface area is 101 Å². The number of fused-ring (bicyclic) bond motifs is 1. The Morgan fingerprint density at radius 2 is 2.28 bits per heavy atom. The largest absolute Gasteiger partial charge is 0.476 e. The van der Waals surface area contributed by atoms with E-state index in [1.165, 1.54) is 4.52 Å². The molecule has 18 heavy (non-hydrogen) atoms. The van der Waals surface area contributed by atoms with Crippen LogP contribution in [0.2, 0.25) is 0 Å². The number of imidazole rings is 1. The minimum absolute atomic E-state index is 0.0295. The fraction of sp³-hybridized carbons (Fsp3) is 0.0909. The van der Waals surface area contributed by atoms with Crippen molar-refractivity contribution in [2.24, 2.45) is 0 Å². The highest BCUT2D eigenvalue weighted by Gasteiger charge is 2.15. The molecule has 3 aromatic rings. The summed E-state index contributed by atoms with van der Waals surface area (Å²) in [5.41, 5.74) is 1.26. The van der Waals surface area contributed by atoms with Crippen LogP contribution in [0.5, 0.6) is 0 Å². The summed E-state index contributed by atoms with van der Waals surface area (Å²) >= 11 is 0. The summed E-state index contributed by atoms with van der Waals surface area (Å²) in [7, 11) is 0. The molecule has 0 aliphatic carbocycles. The van der Waals surface area contributed by atoms with Gasteiger partial charge >= 0.3 is 5.97 Å². The second-order valence-corrected chi connectivity index (χ2v) is 3.81. The number of aromatic nitrogens is 5. The van der Waals surface area contributed by atoms with E-state index in [2.05, 4.69) is 15.1 Å². The minimum Gasteiger partial charge on any atom is -0.476 e. The van der Waals surface area contributed by atoms with Crippen LogP contribution in [0.4, 0.5) is 0 Å². The number of aryl methyl sites for hydroxylation is 1. The molecule has 7 nitrogen and oxygen atoms in total. The summed E-state index contributed by atoms with van der Waals surface area (Å²) < 4.78 is 3.12. The van der Waals surface area contributed by atoms with Crippen molar-refractivity contribution in [3.63, 3.8) is 0 Å². The second-order valence-electron chi connectivity index (χ2n) is 3.81. The molecular formula is C11H9N5O2. The SMILES string of the molecule is Cc1cncn1-c1nc(C(=O)O)c2cccn2n1. The number of hydrogen-bond acceptors (Lipinski definition) is 4. The number of carboxylic acid groups (broad SMARTS) is 1. The summed E-state index contributed by atoms with van der Waals surface area (Å²) in [4.78, 5) is 19.2. The maximum Gasteiger partial charge on any atom is 0.356 e. The fourth-order valence-electron chi connectivity index (χ4n) is 1.75. The van der Waals surface area contributed by atoms with Gasteiger partial charge < -0.3 is 5.11 Å². The van der Waals surface area contributed by atoms with Gasteiger partial charge in [-0.3, -0.25) is 4.57 Å². The third kappa shape index (κ3) is 1.45. The third-order valence-corrected chi connectivity index (χ3v) is 2.62. The Balaban J connectivity index is 2.32. The zero-order valence-electron chi connectivity index (χ0n) is 9.48. The number of carbonyl (C=O) groups is 1. The van der Waals surface area contributed by atoms with Gasteiger partial charge in [-0.1, -0.05) is 0 Å². The predicted octanol–water partition coefficient (Wildman–Crippen LogP) is 0.922. The molecule has 0 fully saturated rings. The Kier molecular flexibility index (Phi) is 2.12. The van der Waals surface area contributed by atoms with Crippen molar-refractivity contribution in [2.75, 3.05) is 0 Å². The standard InChI is InChI=1S/C11H9N5O2/c1-7-5-12-6-15(7)11-13-9(10(17)18)8-3-2-4-16(8)14-11/h2-6H,1H3,(H,17,18). The van der Waals surface area contributed by atoms with Crippen molar-refractivity contribution in [3.05, 3.63) is 42.2 Å². The molecule has 0 amide bonds. The molecule has 0 spiro atoms. The minimum atomic E-state index is -1.08. The quantitative estimate of drug-likeness (QED) is 0.723. The molecule has 0 unspecified atom stereocenters. The predicted molar refractivity (Wildman–Crippen MR) is 61.8 cm³/mol. The highest BCUT2D eigenvalue weighted by atomic mass is 16.4. The third-order valence-electron chi connectivity index (χ3n) is 2.62. The maximum absolute atomic E-state index is 11.2. The van der Waals surface area contributed by atoms with Gasteiger partial charge in [0.1, 0.15) is 6.33 Å². The molecule has 0 aliphatic rings. The maximum atomic E-state index is 11.2. The molecule has 1 N–H and O–H groups in total. The van der Waals surface area contributed by atoms with Crippen LogP contribution in [0.25, 0.3) is 11.5 Å². The number of aromatic carboxylic acids is 1. The van der Waals surface area contributed by atoms with Crippen molar-refractivity contribution in [2.45, 2.75) is 6.92 Å². The zero-order chi connectivity index (χ0) is 12.7. The van der Waals surface area contributed by atoms with E-state index in [1.54, 1.807) is 35.4 Å². The van der Waals surface area contributed by atoms with E-state index in [4.69, 9.17) is 5.11 Å². The van der Waals surface area contributed by atoms with Crippen LogP contribution in [0.3, 0.4) is 0 Å². The lowest BCUT2D eigenvalue weighted by atomic mass is 10.3. The topological polar surface area (TPSA) is 85.3 Å². The summed E-state index contributed by atoms with van der Waals surface area (Å²) in [6.07, 6.45) is 4.88. The number of carboxylic acids is 1. The van der Waals surface area contributed by atoms with E-state index in [-0.39, 0.29) is 11.6 Å². The highest BCUT2D eigenvalue weighted by Crippen LogP contribution is 2.12. The van der Waals surface area contributed by atoms with Gasteiger partial charge in [0, 0.05) is 18.1 Å². The summed E-state index contributed by atoms with van der Waals surface area (Å²) in [6.45, 7) is 1.84. The van der Waals surface area contributed by atoms with Crippen LogP contribution in [0.15, 0.2) is 30.9 Å². The van der Waals surface area contributed by atoms with Gasteiger partial charge in [-0.25, -0.2) is 19.3 Å². The van der Waals surface area contributed by atoms with Crippen LogP contribution >= 0.6 is 0 Å². The highest BCUT2D eigenvalue weighted by molar-refractivity contribution is 5.93. The van der Waals surface area contributed by atoms with Crippen LogP contribution in [-0.2, 0) is 0 Å². The van der Waals surface area contributed by atoms with E-state index in [1.807, 2.05) is 6.92 Å². The smallest absolute Gasteiger partial charge is 0.356 e. The van der Waals surface area contributed by atoms with Crippen molar-refractivity contribution in [1.29, 1.82) is 0 Å². The molecule has 3 heterocycles. The first kappa shape index (κ1) is 10.5. The summed E-state index contributed by atoms with van der Waals surface area (Å²) in [5, 5.41) is 13.4. The molecule has 3 rings (SSSR count). The number of rotatable bonds is 2. The monoisotopic (exact) mass is 243 g/mol. The fourth-order valence-corrected chi connectivity index (χ4v) is 1.75. The molecule has 0 aromatic carbocycles. The van der Waals surface area contributed by atoms with E-state index in [9.17, 15) is 4.79 Å². The van der Waals surface area contributed by atoms with Gasteiger partial charge in [0.05, 0.1) is 5.52 Å². The molecule has 0 saturated carbocycles. The van der Waals surface area contributed by atoms with E-state index in [0.29, 0.717) is 5.52 Å². The average molecular weight is 243 g/mol. The lowest BCUT2D eigenvalue weighted by Crippen LogP contribution is -2.12. The lowest BCUT2D eigenvalue weighted by Gasteiger charge is -2.05. The van der Waals surface area contributed by atoms with E-state index < -0.39 is 5.97 Å². The van der Waals surface area contributed by atoms with Crippen LogP contribution in [-0.4, -0.2) is 35.2 Å². The molecule has 0 bridgehead atoms. The summed E-state index contributed by atoms with van der Waals surface area (Å²) in [6, 6.07) is 3.38. The van der Waals surface area contributed by atoms with Crippen molar-refractivity contribution in [1.82, 2.24) is 24.1 Å². The molecule has 90 valence electrons. The van der Waals surface area contributed by atoms with Gasteiger partial charge in [-0.05, 0) is 19.1 Å². The van der Waals surface area contributed by atoms with Gasteiger partial charge in [-0.2, -0.15) is 0 Å². The number of hydrogen-bond donors (Lipinski definition) is 1. The zero-order valence-corrected chi connectivity index (χ0v) is 9.48. The van der Waals surface area contributed by atoms with Gasteiger partial charge in [-0.15, -0.1) is 5.10 Å². The normalized spacial score (nSPS) is 10.9. The molecule has 0 aliphatic heterocycles. The Morgan fingerprint density at radius 1 is 1.44 bits per heavy atom. The molecule has 0 radical (unpaired) electrons. The lowest BCUT2D eigenvalue weighted by molar-refractivity contribution is 0.0692. The molecule has 0 atom stereocenters. The van der Waals surface area contributed by atoms with Crippen molar-refractivity contribution < 1.29 is 9.90 Å². The molecule has 7 heteroatoms. The first-order valence-electron chi connectivity index (χ1n) is 5.25. The van der Waals surface area contributed by atoms with Crippen molar-refractivity contribution >= 4 is 11.5 Å². The number of nitrogens with zero attached hydrogens (tertiary/aromatic N) is 5. The second kappa shape index (κ2) is 3.66. The van der Waals surface area contributed by atoms with Gasteiger partial charge in [0.15, 0.2) is 5.69 Å². The Bertz CT molecular complexity index is 743. The first-order valence-corrected chi connectivity index (χ1v) is 5.25. The molecular weight excluding hydrogens is 234 g/mol. The van der Waals surface area contributed by atoms with Crippen LogP contribution in [0, 0.1) is 6.92 Å². The Morgan fingerprint density at radius 3 is 2.94 bits per heavy atom. The van der Waals surface area contributed by atoms with E-state index >= 15 is 0 Å². The van der Waals surface area contributed by atoms with Crippen molar-refractivity contribution in [3.8, 4) is 5.95 Å². The summed E-state index contributed by atoms with van der Waals surface area (Å²) in [5.74, 6) is -0.800. The van der Waals surface area contributed by atoms with Crippen LogP contribution in [0.1, 0.15) is 16.2 Å². The molecule has 3 aromatic heterocycles.